The van der Waals surface area contributed by atoms with Crippen LogP contribution in [0.15, 0.2) is 33.9 Å². The van der Waals surface area contributed by atoms with Crippen LogP contribution in [0.25, 0.3) is 10.2 Å². The zero-order valence-electron chi connectivity index (χ0n) is 10.1. The molecule has 0 radical (unpaired) electrons. The number of nitrogens with zero attached hydrogens (tertiary/aromatic N) is 4. The van der Waals surface area contributed by atoms with Gasteiger partial charge in [0.1, 0.15) is 0 Å². The predicted molar refractivity (Wildman–Crippen MR) is 78.6 cm³/mol. The Morgan fingerprint density at radius 2 is 2.30 bits per heavy atom. The maximum absolute atomic E-state index is 10.9. The molecule has 0 saturated heterocycles. The van der Waals surface area contributed by atoms with E-state index in [0.29, 0.717) is 14.4 Å². The first-order valence-electron chi connectivity index (χ1n) is 5.44. The summed E-state index contributed by atoms with van der Waals surface area (Å²) in [5.41, 5.74) is 0.787. The molecule has 3 aromatic rings. The van der Waals surface area contributed by atoms with Crippen molar-refractivity contribution in [2.75, 3.05) is 0 Å². The van der Waals surface area contributed by atoms with E-state index in [1.807, 2.05) is 6.07 Å². The van der Waals surface area contributed by atoms with Crippen molar-refractivity contribution in [2.45, 2.75) is 9.37 Å². The van der Waals surface area contributed by atoms with E-state index in [-0.39, 0.29) is 5.82 Å². The maximum atomic E-state index is 10.9. The van der Waals surface area contributed by atoms with Gasteiger partial charge >= 0.3 is 5.82 Å². The van der Waals surface area contributed by atoms with Crippen molar-refractivity contribution < 1.29 is 4.92 Å². The van der Waals surface area contributed by atoms with Crippen LogP contribution in [0.3, 0.4) is 0 Å². The minimum atomic E-state index is -0.494. The van der Waals surface area contributed by atoms with E-state index in [1.54, 1.807) is 23.7 Å². The van der Waals surface area contributed by atoms with Crippen molar-refractivity contribution in [2.24, 2.45) is 7.05 Å². The summed E-state index contributed by atoms with van der Waals surface area (Å²) in [6, 6.07) is 5.45. The second kappa shape index (κ2) is 5.04. The molecule has 6 nitrogen and oxygen atoms in total. The molecular weight excluding hydrogens is 320 g/mol. The summed E-state index contributed by atoms with van der Waals surface area (Å²) in [4.78, 5) is 18.6. The SMILES string of the molecule is Cn1cnc([N+](=O)[O-])c1Sc1nc2cc(Cl)ccc2s1. The fourth-order valence-corrected chi connectivity index (χ4v) is 3.89. The topological polar surface area (TPSA) is 73.8 Å². The van der Waals surface area contributed by atoms with Crippen LogP contribution in [0.5, 0.6) is 0 Å². The van der Waals surface area contributed by atoms with Crippen LogP contribution in [0.1, 0.15) is 0 Å². The number of hydrogen-bond donors (Lipinski definition) is 0. The number of rotatable bonds is 3. The van der Waals surface area contributed by atoms with Gasteiger partial charge in [0, 0.05) is 12.1 Å². The van der Waals surface area contributed by atoms with Gasteiger partial charge in [0.2, 0.25) is 6.33 Å². The molecule has 0 aliphatic rings. The van der Waals surface area contributed by atoms with Crippen LogP contribution in [0, 0.1) is 10.1 Å². The molecule has 0 unspecified atom stereocenters. The summed E-state index contributed by atoms with van der Waals surface area (Å²) in [6.07, 6.45) is 1.42. The van der Waals surface area contributed by atoms with Gasteiger partial charge in [0.25, 0.3) is 0 Å². The highest BCUT2D eigenvalue weighted by Gasteiger charge is 2.22. The number of aryl methyl sites for hydroxylation is 1. The van der Waals surface area contributed by atoms with Crippen LogP contribution in [0.4, 0.5) is 5.82 Å². The molecule has 0 N–H and O–H groups in total. The van der Waals surface area contributed by atoms with Crippen LogP contribution >= 0.6 is 34.7 Å². The van der Waals surface area contributed by atoms with Crippen molar-refractivity contribution >= 4 is 50.7 Å². The Bertz CT molecular complexity index is 814. The Morgan fingerprint density at radius 3 is 3.05 bits per heavy atom. The first kappa shape index (κ1) is 13.3. The number of fused-ring (bicyclic) bond motifs is 1. The van der Waals surface area contributed by atoms with Gasteiger partial charge in [-0.1, -0.05) is 11.6 Å². The van der Waals surface area contributed by atoms with Crippen LogP contribution in [-0.4, -0.2) is 19.5 Å². The fourth-order valence-electron chi connectivity index (χ4n) is 1.66. The molecule has 102 valence electrons. The van der Waals surface area contributed by atoms with Gasteiger partial charge < -0.3 is 14.7 Å². The lowest BCUT2D eigenvalue weighted by Gasteiger charge is -1.97. The molecule has 1 aromatic carbocycles. The Morgan fingerprint density at radius 1 is 1.50 bits per heavy atom. The van der Waals surface area contributed by atoms with E-state index in [9.17, 15) is 10.1 Å². The summed E-state index contributed by atoms with van der Waals surface area (Å²) < 4.78 is 3.32. The van der Waals surface area contributed by atoms with Crippen molar-refractivity contribution in [1.29, 1.82) is 0 Å². The number of hydrogen-bond acceptors (Lipinski definition) is 6. The summed E-state index contributed by atoms with van der Waals surface area (Å²) in [5.74, 6) is -0.158. The Hall–Kier alpha value is -1.64. The van der Waals surface area contributed by atoms with E-state index in [1.165, 1.54) is 29.4 Å². The van der Waals surface area contributed by atoms with Gasteiger partial charge in [0.05, 0.1) is 10.2 Å². The van der Waals surface area contributed by atoms with Crippen LogP contribution in [0.2, 0.25) is 5.02 Å². The van der Waals surface area contributed by atoms with Crippen molar-refractivity contribution in [3.8, 4) is 0 Å². The largest absolute Gasteiger partial charge is 0.396 e. The minimum absolute atomic E-state index is 0.158. The molecule has 20 heavy (non-hydrogen) atoms. The van der Waals surface area contributed by atoms with E-state index >= 15 is 0 Å². The molecule has 0 aliphatic heterocycles. The molecule has 0 bridgehead atoms. The fraction of sp³-hybridized carbons (Fsp3) is 0.0909. The number of thiazole rings is 1. The van der Waals surface area contributed by atoms with Gasteiger partial charge in [-0.15, -0.1) is 11.3 Å². The number of benzene rings is 1. The molecule has 0 atom stereocenters. The van der Waals surface area contributed by atoms with E-state index < -0.39 is 4.92 Å². The van der Waals surface area contributed by atoms with E-state index in [0.717, 1.165) is 10.2 Å². The number of halogens is 1. The summed E-state index contributed by atoms with van der Waals surface area (Å²) in [5, 5.41) is 12.0. The van der Waals surface area contributed by atoms with Crippen LogP contribution < -0.4 is 0 Å². The normalized spacial score (nSPS) is 11.1. The molecule has 9 heteroatoms. The zero-order chi connectivity index (χ0) is 14.3. The number of aromatic nitrogens is 3. The lowest BCUT2D eigenvalue weighted by atomic mass is 10.3. The number of imidazole rings is 1. The first-order chi connectivity index (χ1) is 9.54. The van der Waals surface area contributed by atoms with Crippen molar-refractivity contribution in [3.63, 3.8) is 0 Å². The molecule has 2 aromatic heterocycles. The molecule has 0 aliphatic carbocycles. The number of nitro groups is 1. The maximum Gasteiger partial charge on any atom is 0.396 e. The van der Waals surface area contributed by atoms with Crippen molar-refractivity contribution in [3.05, 3.63) is 39.7 Å². The second-order valence-corrected chi connectivity index (χ2v) is 6.64. The third-order valence-corrected chi connectivity index (χ3v) is 5.05. The molecule has 0 amide bonds. The quantitative estimate of drug-likeness (QED) is 0.541. The Labute approximate surface area is 126 Å². The molecular formula is C11H7ClN4O2S2. The lowest BCUT2D eigenvalue weighted by Crippen LogP contribution is -1.93. The van der Waals surface area contributed by atoms with E-state index in [4.69, 9.17) is 11.6 Å². The molecule has 2 heterocycles. The average molecular weight is 327 g/mol. The zero-order valence-corrected chi connectivity index (χ0v) is 12.5. The monoisotopic (exact) mass is 326 g/mol. The van der Waals surface area contributed by atoms with Gasteiger partial charge in [-0.2, -0.15) is 0 Å². The summed E-state index contributed by atoms with van der Waals surface area (Å²) >= 11 is 8.61. The molecule has 0 spiro atoms. The van der Waals surface area contributed by atoms with Gasteiger partial charge in [-0.25, -0.2) is 4.98 Å². The van der Waals surface area contributed by atoms with Gasteiger partial charge in [0.15, 0.2) is 9.37 Å². The summed E-state index contributed by atoms with van der Waals surface area (Å²) in [7, 11) is 1.71. The first-order valence-corrected chi connectivity index (χ1v) is 7.45. The smallest absolute Gasteiger partial charge is 0.358 e. The Balaban J connectivity index is 2.01. The predicted octanol–water partition coefficient (Wildman–Crippen LogP) is 3.74. The van der Waals surface area contributed by atoms with Gasteiger partial charge in [-0.05, 0) is 39.9 Å². The highest BCUT2D eigenvalue weighted by molar-refractivity contribution is 8.01. The van der Waals surface area contributed by atoms with Crippen molar-refractivity contribution in [1.82, 2.24) is 14.5 Å². The minimum Gasteiger partial charge on any atom is -0.358 e. The molecule has 0 saturated carbocycles. The molecule has 0 fully saturated rings. The standard InChI is InChI=1S/C11H7ClN4O2S2/c1-15-5-13-9(16(17)18)10(15)20-11-14-7-4-6(12)2-3-8(7)19-11/h2-5H,1H3. The molecule has 3 rings (SSSR count). The van der Waals surface area contributed by atoms with Gasteiger partial charge in [-0.3, -0.25) is 0 Å². The Kier molecular flexibility index (Phi) is 3.36. The summed E-state index contributed by atoms with van der Waals surface area (Å²) in [6.45, 7) is 0. The average Bonchev–Trinajstić information content (AvgIpc) is 2.93. The highest BCUT2D eigenvalue weighted by atomic mass is 35.5. The lowest BCUT2D eigenvalue weighted by molar-refractivity contribution is -0.392. The van der Waals surface area contributed by atoms with E-state index in [2.05, 4.69) is 9.97 Å². The third-order valence-electron chi connectivity index (χ3n) is 2.55. The third kappa shape index (κ3) is 2.37. The van der Waals surface area contributed by atoms with Crippen LogP contribution in [-0.2, 0) is 7.05 Å². The second-order valence-electron chi connectivity index (χ2n) is 3.94. The highest BCUT2D eigenvalue weighted by Crippen LogP contribution is 2.38.